The Hall–Kier alpha value is -2.21. The zero-order valence-electron chi connectivity index (χ0n) is 12.1. The molecule has 2 aromatic rings. The molecule has 1 aromatic heterocycles. The zero-order valence-corrected chi connectivity index (χ0v) is 12.1. The van der Waals surface area contributed by atoms with Crippen molar-refractivity contribution in [3.8, 4) is 0 Å². The van der Waals surface area contributed by atoms with E-state index >= 15 is 0 Å². The van der Waals surface area contributed by atoms with E-state index in [2.05, 4.69) is 15.3 Å². The maximum Gasteiger partial charge on any atom is 0.287 e. The van der Waals surface area contributed by atoms with Crippen LogP contribution in [0.1, 0.15) is 37.3 Å². The Balaban J connectivity index is 2.38. The normalized spacial score (nSPS) is 11.6. The average Bonchev–Trinajstić information content (AvgIpc) is 2.52. The molecular formula is C15H19N3O3. The summed E-state index contributed by atoms with van der Waals surface area (Å²) in [6.07, 6.45) is 1.17. The molecule has 0 aliphatic heterocycles. The highest BCUT2D eigenvalue weighted by molar-refractivity contribution is 5.93. The van der Waals surface area contributed by atoms with E-state index < -0.39 is 11.4 Å². The number of rotatable bonds is 5. The van der Waals surface area contributed by atoms with Crippen LogP contribution in [0.2, 0.25) is 0 Å². The van der Waals surface area contributed by atoms with Crippen molar-refractivity contribution in [2.45, 2.75) is 32.2 Å². The molecule has 0 radical (unpaired) electrons. The van der Waals surface area contributed by atoms with E-state index in [4.69, 9.17) is 0 Å². The van der Waals surface area contributed by atoms with Gasteiger partial charge in [0.1, 0.15) is 0 Å². The molecule has 6 nitrogen and oxygen atoms in total. The lowest BCUT2D eigenvalue weighted by Crippen LogP contribution is -2.51. The standard InChI is InChI=1S/C15H19N3O3/c1-3-15(4-2,9-19)18-14(21)12-16-11-8-6-5-7-10(11)13(20)17-12/h5-8,19H,3-4,9H2,1-2H3,(H,18,21)(H,16,17,20). The highest BCUT2D eigenvalue weighted by Crippen LogP contribution is 2.15. The number of hydrogen-bond acceptors (Lipinski definition) is 4. The molecule has 1 heterocycles. The van der Waals surface area contributed by atoms with E-state index in [0.717, 1.165) is 0 Å². The van der Waals surface area contributed by atoms with E-state index in [-0.39, 0.29) is 18.0 Å². The summed E-state index contributed by atoms with van der Waals surface area (Å²) in [6.45, 7) is 3.61. The molecule has 6 heteroatoms. The number of nitrogens with one attached hydrogen (secondary N) is 2. The second-order valence-corrected chi connectivity index (χ2v) is 5.03. The summed E-state index contributed by atoms with van der Waals surface area (Å²) < 4.78 is 0. The van der Waals surface area contributed by atoms with Crippen LogP contribution in [-0.2, 0) is 0 Å². The maximum atomic E-state index is 12.3. The van der Waals surface area contributed by atoms with Crippen LogP contribution in [0.25, 0.3) is 10.9 Å². The molecule has 0 atom stereocenters. The number of benzene rings is 1. The van der Waals surface area contributed by atoms with Gasteiger partial charge in [-0.05, 0) is 25.0 Å². The molecule has 0 fully saturated rings. The van der Waals surface area contributed by atoms with E-state index in [1.54, 1.807) is 24.3 Å². The smallest absolute Gasteiger partial charge is 0.287 e. The van der Waals surface area contributed by atoms with Crippen LogP contribution in [0.5, 0.6) is 0 Å². The Morgan fingerprint density at radius 3 is 2.62 bits per heavy atom. The number of amides is 1. The van der Waals surface area contributed by atoms with Crippen molar-refractivity contribution in [1.82, 2.24) is 15.3 Å². The van der Waals surface area contributed by atoms with Crippen molar-refractivity contribution in [2.24, 2.45) is 0 Å². The lowest BCUT2D eigenvalue weighted by atomic mass is 9.94. The first-order chi connectivity index (χ1) is 10.0. The molecule has 112 valence electrons. The van der Waals surface area contributed by atoms with Crippen molar-refractivity contribution < 1.29 is 9.90 Å². The topological polar surface area (TPSA) is 95.1 Å². The van der Waals surface area contributed by atoms with Crippen molar-refractivity contribution in [3.63, 3.8) is 0 Å². The lowest BCUT2D eigenvalue weighted by molar-refractivity contribution is 0.0807. The molecule has 0 unspecified atom stereocenters. The summed E-state index contributed by atoms with van der Waals surface area (Å²) in [5.74, 6) is -0.533. The van der Waals surface area contributed by atoms with E-state index in [1.165, 1.54) is 0 Å². The molecular weight excluding hydrogens is 270 g/mol. The van der Waals surface area contributed by atoms with Gasteiger partial charge in [0.2, 0.25) is 0 Å². The van der Waals surface area contributed by atoms with E-state index in [1.807, 2.05) is 13.8 Å². The number of nitrogens with zero attached hydrogens (tertiary/aromatic N) is 1. The SMILES string of the molecule is CCC(CC)(CO)NC(=O)c1nc2ccccc2c(=O)[nH]1. The van der Waals surface area contributed by atoms with Crippen LogP contribution in [0.3, 0.4) is 0 Å². The van der Waals surface area contributed by atoms with Crippen molar-refractivity contribution in [2.75, 3.05) is 6.61 Å². The Labute approximate surface area is 122 Å². The molecule has 21 heavy (non-hydrogen) atoms. The van der Waals surface area contributed by atoms with Gasteiger partial charge in [-0.1, -0.05) is 26.0 Å². The quantitative estimate of drug-likeness (QED) is 0.771. The van der Waals surface area contributed by atoms with Crippen molar-refractivity contribution in [3.05, 3.63) is 40.4 Å². The summed E-state index contributed by atoms with van der Waals surface area (Å²) in [5.41, 5.74) is -0.580. The highest BCUT2D eigenvalue weighted by Gasteiger charge is 2.28. The van der Waals surface area contributed by atoms with Gasteiger partial charge in [0.25, 0.3) is 11.5 Å². The number of aromatic amines is 1. The van der Waals surface area contributed by atoms with Crippen LogP contribution < -0.4 is 10.9 Å². The first kappa shape index (κ1) is 15.2. The fourth-order valence-corrected chi connectivity index (χ4v) is 2.18. The fourth-order valence-electron chi connectivity index (χ4n) is 2.18. The summed E-state index contributed by atoms with van der Waals surface area (Å²) in [7, 11) is 0. The van der Waals surface area contributed by atoms with Gasteiger partial charge in [0, 0.05) is 0 Å². The molecule has 0 bridgehead atoms. The molecule has 1 aromatic carbocycles. The van der Waals surface area contributed by atoms with Crippen LogP contribution in [0.15, 0.2) is 29.1 Å². The number of aliphatic hydroxyl groups excluding tert-OH is 1. The molecule has 2 rings (SSSR count). The van der Waals surface area contributed by atoms with Crippen LogP contribution >= 0.6 is 0 Å². The third kappa shape index (κ3) is 2.95. The molecule has 0 spiro atoms. The predicted octanol–water partition coefficient (Wildman–Crippen LogP) is 1.20. The molecule has 3 N–H and O–H groups in total. The van der Waals surface area contributed by atoms with Gasteiger partial charge in [-0.25, -0.2) is 4.98 Å². The predicted molar refractivity (Wildman–Crippen MR) is 80.2 cm³/mol. The molecule has 0 aliphatic rings. The van der Waals surface area contributed by atoms with Gasteiger partial charge in [0.05, 0.1) is 23.0 Å². The third-order valence-corrected chi connectivity index (χ3v) is 3.86. The monoisotopic (exact) mass is 289 g/mol. The second kappa shape index (κ2) is 6.05. The van der Waals surface area contributed by atoms with E-state index in [0.29, 0.717) is 23.7 Å². The minimum absolute atomic E-state index is 0.0431. The number of hydrogen-bond donors (Lipinski definition) is 3. The maximum absolute atomic E-state index is 12.3. The lowest BCUT2D eigenvalue weighted by Gasteiger charge is -2.30. The number of carbonyl (C=O) groups excluding carboxylic acids is 1. The van der Waals surface area contributed by atoms with Crippen molar-refractivity contribution in [1.29, 1.82) is 0 Å². The largest absolute Gasteiger partial charge is 0.394 e. The Bertz CT molecular complexity index is 696. The molecule has 0 saturated carbocycles. The Morgan fingerprint density at radius 1 is 1.33 bits per heavy atom. The minimum Gasteiger partial charge on any atom is -0.394 e. The first-order valence-electron chi connectivity index (χ1n) is 6.97. The summed E-state index contributed by atoms with van der Waals surface area (Å²) in [4.78, 5) is 30.9. The fraction of sp³-hybridized carbons (Fsp3) is 0.400. The van der Waals surface area contributed by atoms with Gasteiger partial charge in [0.15, 0.2) is 5.82 Å². The van der Waals surface area contributed by atoms with Gasteiger partial charge in [-0.15, -0.1) is 0 Å². The summed E-state index contributed by atoms with van der Waals surface area (Å²) in [5, 5.41) is 12.7. The Kier molecular flexibility index (Phi) is 4.37. The third-order valence-electron chi connectivity index (χ3n) is 3.86. The number of H-pyrrole nitrogens is 1. The summed E-state index contributed by atoms with van der Waals surface area (Å²) >= 11 is 0. The van der Waals surface area contributed by atoms with Crippen LogP contribution in [-0.4, -0.2) is 33.1 Å². The summed E-state index contributed by atoms with van der Waals surface area (Å²) in [6, 6.07) is 6.83. The number of aromatic nitrogens is 2. The van der Waals surface area contributed by atoms with Gasteiger partial charge in [-0.3, -0.25) is 9.59 Å². The van der Waals surface area contributed by atoms with Crippen LogP contribution in [0, 0.1) is 0 Å². The van der Waals surface area contributed by atoms with Crippen LogP contribution in [0.4, 0.5) is 0 Å². The van der Waals surface area contributed by atoms with E-state index in [9.17, 15) is 14.7 Å². The minimum atomic E-state index is -0.693. The first-order valence-corrected chi connectivity index (χ1v) is 6.97. The molecule has 1 amide bonds. The molecule has 0 aliphatic carbocycles. The number of para-hydroxylation sites is 1. The molecule has 0 saturated heterocycles. The average molecular weight is 289 g/mol. The second-order valence-electron chi connectivity index (χ2n) is 5.03. The zero-order chi connectivity index (χ0) is 15.5. The van der Waals surface area contributed by atoms with Gasteiger partial charge >= 0.3 is 0 Å². The Morgan fingerprint density at radius 2 is 2.00 bits per heavy atom. The van der Waals surface area contributed by atoms with Gasteiger partial charge in [-0.2, -0.15) is 0 Å². The highest BCUT2D eigenvalue weighted by atomic mass is 16.3. The van der Waals surface area contributed by atoms with Gasteiger partial charge < -0.3 is 15.4 Å². The number of carbonyl (C=O) groups is 1. The van der Waals surface area contributed by atoms with Crippen molar-refractivity contribution >= 4 is 16.8 Å². The number of aliphatic hydroxyl groups is 1. The number of fused-ring (bicyclic) bond motifs is 1.